The van der Waals surface area contributed by atoms with Crippen molar-refractivity contribution < 1.29 is 9.53 Å². The molecule has 9 nitrogen and oxygen atoms in total. The maximum absolute atomic E-state index is 12.7. The highest BCUT2D eigenvalue weighted by molar-refractivity contribution is 5.89. The Morgan fingerprint density at radius 3 is 2.44 bits per heavy atom. The quantitative estimate of drug-likeness (QED) is 0.389. The van der Waals surface area contributed by atoms with Crippen molar-refractivity contribution in [3.63, 3.8) is 0 Å². The smallest absolute Gasteiger partial charge is 0.225 e. The van der Waals surface area contributed by atoms with Gasteiger partial charge in [0.15, 0.2) is 5.82 Å². The average Bonchev–Trinajstić information content (AvgIpc) is 3.51. The second-order valence-electron chi connectivity index (χ2n) is 7.91. The standard InChI is InChI=1S/C25H29N7O2/c1-4-19-7-6-8-20(5-2)25(19)32-23(28-29-30-32)13-14-24(33)27-22-15-16-26-31(22)17-18-9-11-21(34-3)12-10-18/h6-12,15-16H,4-5,13-14,17H2,1-3H3,(H,27,33). The molecule has 176 valence electrons. The first-order valence-electron chi connectivity index (χ1n) is 11.5. The van der Waals surface area contributed by atoms with Crippen molar-refractivity contribution in [1.29, 1.82) is 0 Å². The van der Waals surface area contributed by atoms with E-state index in [1.54, 1.807) is 28.7 Å². The summed E-state index contributed by atoms with van der Waals surface area (Å²) in [5, 5.41) is 19.6. The Labute approximate surface area is 198 Å². The van der Waals surface area contributed by atoms with Gasteiger partial charge in [-0.2, -0.15) is 9.78 Å². The molecule has 9 heteroatoms. The molecule has 0 bridgehead atoms. The summed E-state index contributed by atoms with van der Waals surface area (Å²) < 4.78 is 8.74. The number of ether oxygens (including phenoxy) is 1. The van der Waals surface area contributed by atoms with Gasteiger partial charge in [0, 0.05) is 18.9 Å². The van der Waals surface area contributed by atoms with E-state index >= 15 is 0 Å². The van der Waals surface area contributed by atoms with Crippen LogP contribution in [-0.4, -0.2) is 43.0 Å². The Morgan fingerprint density at radius 1 is 1.03 bits per heavy atom. The summed E-state index contributed by atoms with van der Waals surface area (Å²) in [5.41, 5.74) is 4.44. The molecule has 0 spiro atoms. The fourth-order valence-electron chi connectivity index (χ4n) is 3.92. The van der Waals surface area contributed by atoms with Gasteiger partial charge >= 0.3 is 0 Å². The zero-order valence-corrected chi connectivity index (χ0v) is 19.7. The van der Waals surface area contributed by atoms with Gasteiger partial charge in [-0.05, 0) is 52.1 Å². The van der Waals surface area contributed by atoms with Gasteiger partial charge in [-0.1, -0.05) is 44.2 Å². The number of methoxy groups -OCH3 is 1. The van der Waals surface area contributed by atoms with Crippen molar-refractivity contribution >= 4 is 11.7 Å². The van der Waals surface area contributed by atoms with Crippen LogP contribution >= 0.6 is 0 Å². The van der Waals surface area contributed by atoms with Crippen molar-refractivity contribution in [3.8, 4) is 11.4 Å². The number of hydrogen-bond donors (Lipinski definition) is 1. The van der Waals surface area contributed by atoms with Gasteiger partial charge in [-0.25, -0.2) is 4.68 Å². The molecule has 2 aromatic carbocycles. The third-order valence-corrected chi connectivity index (χ3v) is 5.76. The lowest BCUT2D eigenvalue weighted by atomic mass is 10.0. The number of aromatic nitrogens is 6. The van der Waals surface area contributed by atoms with Gasteiger partial charge in [0.05, 0.1) is 25.5 Å². The molecule has 0 fully saturated rings. The summed E-state index contributed by atoms with van der Waals surface area (Å²) in [6, 6.07) is 15.8. The van der Waals surface area contributed by atoms with Crippen LogP contribution in [0.15, 0.2) is 54.7 Å². The summed E-state index contributed by atoms with van der Waals surface area (Å²) in [6.07, 6.45) is 4.10. The third kappa shape index (κ3) is 5.14. The number of aryl methyl sites for hydroxylation is 3. The van der Waals surface area contributed by atoms with Crippen LogP contribution in [0.5, 0.6) is 5.75 Å². The molecular weight excluding hydrogens is 430 g/mol. The van der Waals surface area contributed by atoms with E-state index in [1.165, 1.54) is 11.1 Å². The molecule has 0 radical (unpaired) electrons. The van der Waals surface area contributed by atoms with Crippen LogP contribution in [0.3, 0.4) is 0 Å². The zero-order valence-electron chi connectivity index (χ0n) is 19.7. The van der Waals surface area contributed by atoms with E-state index in [0.717, 1.165) is 29.8 Å². The van der Waals surface area contributed by atoms with Gasteiger partial charge in [-0.3, -0.25) is 4.79 Å². The molecule has 0 saturated carbocycles. The summed E-state index contributed by atoms with van der Waals surface area (Å²) in [7, 11) is 1.64. The average molecular weight is 460 g/mol. The Balaban J connectivity index is 1.42. The molecule has 2 aromatic heterocycles. The van der Waals surface area contributed by atoms with Gasteiger partial charge in [0.1, 0.15) is 11.6 Å². The van der Waals surface area contributed by atoms with E-state index in [2.05, 4.69) is 58.0 Å². The minimum absolute atomic E-state index is 0.120. The molecule has 34 heavy (non-hydrogen) atoms. The number of carbonyl (C=O) groups is 1. The monoisotopic (exact) mass is 459 g/mol. The van der Waals surface area contributed by atoms with Crippen LogP contribution in [0.2, 0.25) is 0 Å². The first kappa shape index (κ1) is 23.2. The van der Waals surface area contributed by atoms with Crippen molar-refractivity contribution in [2.75, 3.05) is 12.4 Å². The number of hydrogen-bond acceptors (Lipinski definition) is 6. The van der Waals surface area contributed by atoms with Crippen molar-refractivity contribution in [3.05, 3.63) is 77.2 Å². The van der Waals surface area contributed by atoms with Crippen molar-refractivity contribution in [2.45, 2.75) is 46.1 Å². The van der Waals surface area contributed by atoms with Crippen LogP contribution in [0.1, 0.15) is 42.8 Å². The van der Waals surface area contributed by atoms with E-state index in [1.807, 2.05) is 24.3 Å². The fourth-order valence-corrected chi connectivity index (χ4v) is 3.92. The normalized spacial score (nSPS) is 10.9. The number of nitrogens with zero attached hydrogens (tertiary/aromatic N) is 6. The molecule has 0 atom stereocenters. The summed E-state index contributed by atoms with van der Waals surface area (Å²) in [6.45, 7) is 4.77. The minimum Gasteiger partial charge on any atom is -0.497 e. The van der Waals surface area contributed by atoms with Crippen LogP contribution in [0, 0.1) is 0 Å². The maximum atomic E-state index is 12.7. The lowest BCUT2D eigenvalue weighted by molar-refractivity contribution is -0.116. The second kappa shape index (κ2) is 10.7. The Morgan fingerprint density at radius 2 is 1.76 bits per heavy atom. The lowest BCUT2D eigenvalue weighted by Crippen LogP contribution is -2.18. The van der Waals surface area contributed by atoms with Gasteiger partial charge in [-0.15, -0.1) is 5.10 Å². The maximum Gasteiger partial charge on any atom is 0.225 e. The predicted molar refractivity (Wildman–Crippen MR) is 129 cm³/mol. The molecule has 0 saturated heterocycles. The summed E-state index contributed by atoms with van der Waals surface area (Å²) >= 11 is 0. The minimum atomic E-state index is -0.120. The van der Waals surface area contributed by atoms with Crippen molar-refractivity contribution in [1.82, 2.24) is 30.0 Å². The van der Waals surface area contributed by atoms with Gasteiger partial charge in [0.25, 0.3) is 0 Å². The molecule has 4 aromatic rings. The largest absolute Gasteiger partial charge is 0.497 e. The Hall–Kier alpha value is -4.01. The Kier molecular flexibility index (Phi) is 7.31. The number of carbonyl (C=O) groups excluding carboxylic acids is 1. The molecule has 1 N–H and O–H groups in total. The number of benzene rings is 2. The van der Waals surface area contributed by atoms with E-state index < -0.39 is 0 Å². The lowest BCUT2D eigenvalue weighted by Gasteiger charge is -2.14. The van der Waals surface area contributed by atoms with E-state index in [0.29, 0.717) is 24.6 Å². The van der Waals surface area contributed by atoms with E-state index in [-0.39, 0.29) is 12.3 Å². The highest BCUT2D eigenvalue weighted by Gasteiger charge is 2.16. The topological polar surface area (TPSA) is 99.8 Å². The predicted octanol–water partition coefficient (Wildman–Crippen LogP) is 3.61. The molecule has 1 amide bonds. The van der Waals surface area contributed by atoms with Crippen LogP contribution in [0.25, 0.3) is 5.69 Å². The molecule has 4 rings (SSSR count). The number of tetrazole rings is 1. The number of rotatable bonds is 10. The third-order valence-electron chi connectivity index (χ3n) is 5.76. The van der Waals surface area contributed by atoms with Gasteiger partial charge < -0.3 is 10.1 Å². The fraction of sp³-hybridized carbons (Fsp3) is 0.320. The first-order valence-corrected chi connectivity index (χ1v) is 11.5. The van der Waals surface area contributed by atoms with Crippen LogP contribution < -0.4 is 10.1 Å². The number of nitrogens with one attached hydrogen (secondary N) is 1. The molecule has 0 aliphatic carbocycles. The summed E-state index contributed by atoms with van der Waals surface area (Å²) in [4.78, 5) is 12.7. The molecular formula is C25H29N7O2. The first-order chi connectivity index (χ1) is 16.6. The highest BCUT2D eigenvalue weighted by Crippen LogP contribution is 2.22. The van der Waals surface area contributed by atoms with Gasteiger partial charge in [0.2, 0.25) is 5.91 Å². The second-order valence-corrected chi connectivity index (χ2v) is 7.91. The van der Waals surface area contributed by atoms with E-state index in [4.69, 9.17) is 4.74 Å². The molecule has 0 unspecified atom stereocenters. The number of para-hydroxylation sites is 1. The van der Waals surface area contributed by atoms with E-state index in [9.17, 15) is 4.79 Å². The van der Waals surface area contributed by atoms with Crippen molar-refractivity contribution in [2.24, 2.45) is 0 Å². The Bertz CT molecular complexity index is 1220. The van der Waals surface area contributed by atoms with Crippen LogP contribution in [0.4, 0.5) is 5.82 Å². The SMILES string of the molecule is CCc1cccc(CC)c1-n1nnnc1CCC(=O)Nc1ccnn1Cc1ccc(OC)cc1. The summed E-state index contributed by atoms with van der Waals surface area (Å²) in [5.74, 6) is 1.99. The van der Waals surface area contributed by atoms with Crippen LogP contribution in [-0.2, 0) is 30.6 Å². The molecule has 0 aliphatic heterocycles. The molecule has 2 heterocycles. The zero-order chi connectivity index (χ0) is 23.9. The number of amides is 1. The highest BCUT2D eigenvalue weighted by atomic mass is 16.5. The molecule has 0 aliphatic rings. The number of anilines is 1.